The zero-order valence-electron chi connectivity index (χ0n) is 10.2. The Labute approximate surface area is 125 Å². The van der Waals surface area contributed by atoms with Gasteiger partial charge in [-0.3, -0.25) is 4.79 Å². The number of benzene rings is 1. The molecule has 0 radical (unpaired) electrons. The van der Waals surface area contributed by atoms with Crippen molar-refractivity contribution in [3.8, 4) is 0 Å². The Kier molecular flexibility index (Phi) is 5.25. The SMILES string of the molecule is O=C(Cc1cccc(Br)c1)N(CCBr)C1CCC1. The molecule has 0 spiro atoms. The van der Waals surface area contributed by atoms with Crippen molar-refractivity contribution in [1.29, 1.82) is 0 Å². The summed E-state index contributed by atoms with van der Waals surface area (Å²) in [6.07, 6.45) is 4.09. The molecule has 0 atom stereocenters. The monoisotopic (exact) mass is 373 g/mol. The van der Waals surface area contributed by atoms with E-state index in [0.29, 0.717) is 12.5 Å². The minimum atomic E-state index is 0.247. The Balaban J connectivity index is 2.00. The van der Waals surface area contributed by atoms with Crippen LogP contribution in [0.1, 0.15) is 24.8 Å². The van der Waals surface area contributed by atoms with Crippen molar-refractivity contribution >= 4 is 37.8 Å². The lowest BCUT2D eigenvalue weighted by molar-refractivity contribution is -0.134. The Morgan fingerprint density at radius 3 is 2.72 bits per heavy atom. The number of amides is 1. The standard InChI is InChI=1S/C14H17Br2NO/c15-7-8-17(13-5-2-6-13)14(18)10-11-3-1-4-12(16)9-11/h1,3-4,9,13H,2,5-8,10H2. The molecule has 4 heteroatoms. The van der Waals surface area contributed by atoms with Crippen LogP contribution in [0, 0.1) is 0 Å². The average Bonchev–Trinajstić information content (AvgIpc) is 2.26. The lowest BCUT2D eigenvalue weighted by atomic mass is 9.91. The van der Waals surface area contributed by atoms with E-state index >= 15 is 0 Å². The summed E-state index contributed by atoms with van der Waals surface area (Å²) in [5.74, 6) is 0.247. The van der Waals surface area contributed by atoms with Crippen LogP contribution >= 0.6 is 31.9 Å². The Hall–Kier alpha value is -0.350. The van der Waals surface area contributed by atoms with Crippen molar-refractivity contribution in [2.24, 2.45) is 0 Å². The number of alkyl halides is 1. The number of hydrogen-bond acceptors (Lipinski definition) is 1. The van der Waals surface area contributed by atoms with Gasteiger partial charge in [0.1, 0.15) is 0 Å². The molecule has 2 rings (SSSR count). The molecule has 0 heterocycles. The highest BCUT2D eigenvalue weighted by Gasteiger charge is 2.27. The topological polar surface area (TPSA) is 20.3 Å². The molecule has 1 aliphatic carbocycles. The first-order chi connectivity index (χ1) is 8.70. The van der Waals surface area contributed by atoms with Crippen molar-refractivity contribution in [1.82, 2.24) is 4.90 Å². The van der Waals surface area contributed by atoms with Gasteiger partial charge in [-0.1, -0.05) is 44.0 Å². The molecule has 2 nitrogen and oxygen atoms in total. The van der Waals surface area contributed by atoms with Crippen LogP contribution < -0.4 is 0 Å². The molecule has 0 aliphatic heterocycles. The number of carbonyl (C=O) groups excluding carboxylic acids is 1. The molecule has 0 bridgehead atoms. The van der Waals surface area contributed by atoms with E-state index < -0.39 is 0 Å². The van der Waals surface area contributed by atoms with Crippen molar-refractivity contribution in [2.75, 3.05) is 11.9 Å². The maximum atomic E-state index is 12.3. The molecule has 1 aliphatic rings. The molecule has 1 amide bonds. The van der Waals surface area contributed by atoms with Gasteiger partial charge in [0.2, 0.25) is 5.91 Å². The van der Waals surface area contributed by atoms with Crippen LogP contribution in [0.15, 0.2) is 28.7 Å². The second-order valence-electron chi connectivity index (χ2n) is 4.67. The minimum absolute atomic E-state index is 0.247. The number of nitrogens with zero attached hydrogens (tertiary/aromatic N) is 1. The maximum absolute atomic E-state index is 12.3. The smallest absolute Gasteiger partial charge is 0.227 e. The largest absolute Gasteiger partial charge is 0.339 e. The van der Waals surface area contributed by atoms with Crippen LogP contribution in [0.3, 0.4) is 0 Å². The molecular formula is C14H17Br2NO. The van der Waals surface area contributed by atoms with Gasteiger partial charge in [-0.2, -0.15) is 0 Å². The summed E-state index contributed by atoms with van der Waals surface area (Å²) in [5.41, 5.74) is 1.08. The molecule has 1 saturated carbocycles. The molecule has 1 aromatic carbocycles. The van der Waals surface area contributed by atoms with Crippen LogP contribution in [-0.4, -0.2) is 28.7 Å². The third-order valence-corrected chi connectivity index (χ3v) is 4.25. The third kappa shape index (κ3) is 3.58. The van der Waals surface area contributed by atoms with Crippen LogP contribution in [0.25, 0.3) is 0 Å². The van der Waals surface area contributed by atoms with E-state index in [-0.39, 0.29) is 5.91 Å². The molecule has 0 N–H and O–H groups in total. The van der Waals surface area contributed by atoms with E-state index in [9.17, 15) is 4.79 Å². The molecule has 18 heavy (non-hydrogen) atoms. The number of hydrogen-bond donors (Lipinski definition) is 0. The average molecular weight is 375 g/mol. The van der Waals surface area contributed by atoms with Gasteiger partial charge in [0.15, 0.2) is 0 Å². The summed E-state index contributed by atoms with van der Waals surface area (Å²) in [5, 5.41) is 0.855. The van der Waals surface area contributed by atoms with Gasteiger partial charge in [-0.05, 0) is 37.0 Å². The Bertz CT molecular complexity index is 418. The summed E-state index contributed by atoms with van der Waals surface area (Å²) in [6.45, 7) is 0.817. The first-order valence-electron chi connectivity index (χ1n) is 6.30. The van der Waals surface area contributed by atoms with E-state index in [2.05, 4.69) is 31.9 Å². The number of carbonyl (C=O) groups is 1. The van der Waals surface area contributed by atoms with E-state index in [4.69, 9.17) is 0 Å². The van der Waals surface area contributed by atoms with E-state index in [1.54, 1.807) is 0 Å². The van der Waals surface area contributed by atoms with Gasteiger partial charge < -0.3 is 4.90 Å². The molecule has 0 saturated heterocycles. The van der Waals surface area contributed by atoms with Crippen molar-refractivity contribution in [2.45, 2.75) is 31.7 Å². The Morgan fingerprint density at radius 1 is 1.39 bits per heavy atom. The van der Waals surface area contributed by atoms with E-state index in [1.165, 1.54) is 6.42 Å². The first-order valence-corrected chi connectivity index (χ1v) is 8.22. The van der Waals surface area contributed by atoms with Crippen LogP contribution in [0.4, 0.5) is 0 Å². The van der Waals surface area contributed by atoms with Crippen molar-refractivity contribution in [3.05, 3.63) is 34.3 Å². The van der Waals surface area contributed by atoms with Gasteiger partial charge in [-0.25, -0.2) is 0 Å². The normalized spacial score (nSPS) is 15.2. The zero-order valence-corrected chi connectivity index (χ0v) is 13.4. The summed E-state index contributed by atoms with van der Waals surface area (Å²) in [4.78, 5) is 14.4. The fourth-order valence-corrected chi connectivity index (χ4v) is 3.05. The molecule has 1 aromatic rings. The molecule has 98 valence electrons. The predicted molar refractivity (Wildman–Crippen MR) is 81.0 cm³/mol. The van der Waals surface area contributed by atoms with E-state index in [0.717, 1.165) is 34.8 Å². The first kappa shape index (κ1) is 14.1. The molecule has 0 unspecified atom stereocenters. The van der Waals surface area contributed by atoms with Crippen LogP contribution in [-0.2, 0) is 11.2 Å². The Morgan fingerprint density at radius 2 is 2.17 bits per heavy atom. The lowest BCUT2D eigenvalue weighted by Crippen LogP contribution is -2.45. The summed E-state index contributed by atoms with van der Waals surface area (Å²) < 4.78 is 1.03. The fourth-order valence-electron chi connectivity index (χ4n) is 2.22. The second kappa shape index (κ2) is 6.71. The molecule has 0 aromatic heterocycles. The molecular weight excluding hydrogens is 358 g/mol. The van der Waals surface area contributed by atoms with Gasteiger partial charge in [0, 0.05) is 22.4 Å². The number of rotatable bonds is 5. The highest BCUT2D eigenvalue weighted by Crippen LogP contribution is 2.25. The van der Waals surface area contributed by atoms with Crippen molar-refractivity contribution < 1.29 is 4.79 Å². The second-order valence-corrected chi connectivity index (χ2v) is 6.38. The quantitative estimate of drug-likeness (QED) is 0.718. The summed E-state index contributed by atoms with van der Waals surface area (Å²) in [6, 6.07) is 8.46. The maximum Gasteiger partial charge on any atom is 0.227 e. The molecule has 1 fully saturated rings. The van der Waals surface area contributed by atoms with E-state index in [1.807, 2.05) is 29.2 Å². The summed E-state index contributed by atoms with van der Waals surface area (Å²) in [7, 11) is 0. The van der Waals surface area contributed by atoms with Gasteiger partial charge in [0.05, 0.1) is 6.42 Å². The predicted octanol–water partition coefficient (Wildman–Crippen LogP) is 3.77. The summed E-state index contributed by atoms with van der Waals surface area (Å²) >= 11 is 6.88. The van der Waals surface area contributed by atoms with Gasteiger partial charge >= 0.3 is 0 Å². The van der Waals surface area contributed by atoms with Crippen LogP contribution in [0.5, 0.6) is 0 Å². The fraction of sp³-hybridized carbons (Fsp3) is 0.500. The van der Waals surface area contributed by atoms with Crippen LogP contribution in [0.2, 0.25) is 0 Å². The third-order valence-electron chi connectivity index (χ3n) is 3.41. The van der Waals surface area contributed by atoms with Gasteiger partial charge in [0.25, 0.3) is 0 Å². The number of halogens is 2. The lowest BCUT2D eigenvalue weighted by Gasteiger charge is -2.37. The highest BCUT2D eigenvalue weighted by molar-refractivity contribution is 9.10. The highest BCUT2D eigenvalue weighted by atomic mass is 79.9. The van der Waals surface area contributed by atoms with Crippen molar-refractivity contribution in [3.63, 3.8) is 0 Å². The minimum Gasteiger partial charge on any atom is -0.339 e. The zero-order chi connectivity index (χ0) is 13.0. The van der Waals surface area contributed by atoms with Gasteiger partial charge in [-0.15, -0.1) is 0 Å².